The van der Waals surface area contributed by atoms with Crippen molar-refractivity contribution in [3.63, 3.8) is 0 Å². The molecule has 0 aliphatic rings. The molecule has 0 saturated heterocycles. The highest BCUT2D eigenvalue weighted by atomic mass is 127. The molecule has 0 atom stereocenters. The molecule has 0 unspecified atom stereocenters. The molecule has 2 aromatic carbocycles. The number of aromatic nitrogens is 1. The van der Waals surface area contributed by atoms with Crippen LogP contribution in [-0.4, -0.2) is 3.97 Å². The molecule has 0 fully saturated rings. The van der Waals surface area contributed by atoms with Gasteiger partial charge in [0.1, 0.15) is 17.6 Å². The average Bonchev–Trinajstić information content (AvgIpc) is 2.95. The summed E-state index contributed by atoms with van der Waals surface area (Å²) in [5.41, 5.74) is 0.547. The second-order valence-electron chi connectivity index (χ2n) is 4.50. The molecule has 8 heteroatoms. The molecule has 0 radical (unpaired) electrons. The van der Waals surface area contributed by atoms with E-state index in [2.05, 4.69) is 37.1 Å². The summed E-state index contributed by atoms with van der Waals surface area (Å²) in [5.74, 6) is -1.03. The van der Waals surface area contributed by atoms with E-state index in [1.165, 1.54) is 27.3 Å². The number of fused-ring (bicyclic) bond motifs is 1. The summed E-state index contributed by atoms with van der Waals surface area (Å²) in [4.78, 5) is 0. The summed E-state index contributed by atoms with van der Waals surface area (Å²) < 4.78 is 35.6. The topological polar surface area (TPSA) is 37.9 Å². The van der Waals surface area contributed by atoms with Crippen molar-refractivity contribution in [2.75, 3.05) is 0 Å². The lowest BCUT2D eigenvalue weighted by Crippen LogP contribution is -1.93. The van der Waals surface area contributed by atoms with Crippen molar-refractivity contribution in [2.24, 2.45) is 0 Å². The van der Waals surface area contributed by atoms with Gasteiger partial charge >= 0.3 is 0 Å². The maximum absolute atomic E-state index is 14.4. The fraction of sp³-hybridized carbons (Fsp3) is 0. The molecule has 0 bridgehead atoms. The Morgan fingerprint density at radius 2 is 2.00 bits per heavy atom. The Kier molecular flexibility index (Phi) is 4.79. The van der Waals surface area contributed by atoms with Crippen molar-refractivity contribution in [1.29, 1.82) is 5.26 Å². The number of nitriles is 1. The van der Waals surface area contributed by atoms with Gasteiger partial charge < -0.3 is 4.74 Å². The van der Waals surface area contributed by atoms with Crippen LogP contribution in [0.3, 0.4) is 0 Å². The smallest absolute Gasteiger partial charge is 0.177 e. The van der Waals surface area contributed by atoms with E-state index in [0.29, 0.717) is 9.99 Å². The molecule has 0 saturated carbocycles. The Morgan fingerprint density at radius 1 is 1.22 bits per heavy atom. The molecule has 1 aromatic heterocycles. The first-order valence-corrected chi connectivity index (χ1v) is 10.3. The standard InChI is InChI=1S/C15H6BrF2IN2OS/c16-14-10-3-4-21(23-19)13(10)6-12(18)15(14)22-9-1-2-11(17)8(5-9)7-20/h1-6H. The van der Waals surface area contributed by atoms with Crippen LogP contribution in [0.4, 0.5) is 8.78 Å². The van der Waals surface area contributed by atoms with Crippen molar-refractivity contribution in [3.05, 3.63) is 58.2 Å². The predicted octanol–water partition coefficient (Wildman–Crippen LogP) is 6.19. The third-order valence-electron chi connectivity index (χ3n) is 3.16. The predicted molar refractivity (Wildman–Crippen MR) is 97.8 cm³/mol. The highest BCUT2D eigenvalue weighted by Crippen LogP contribution is 2.40. The number of benzene rings is 2. The number of hydrogen-bond acceptors (Lipinski definition) is 3. The second kappa shape index (κ2) is 6.67. The van der Waals surface area contributed by atoms with Crippen molar-refractivity contribution in [2.45, 2.75) is 0 Å². The molecule has 3 aromatic rings. The molecule has 3 rings (SSSR count). The lowest BCUT2D eigenvalue weighted by atomic mass is 10.2. The minimum atomic E-state index is -0.647. The van der Waals surface area contributed by atoms with E-state index < -0.39 is 11.6 Å². The number of rotatable bonds is 3. The number of ether oxygens (including phenoxy) is 1. The first-order chi connectivity index (χ1) is 11.0. The van der Waals surface area contributed by atoms with Crippen LogP contribution in [0.1, 0.15) is 5.56 Å². The van der Waals surface area contributed by atoms with Gasteiger partial charge in [0.25, 0.3) is 0 Å². The minimum Gasteiger partial charge on any atom is -0.453 e. The van der Waals surface area contributed by atoms with Gasteiger partial charge in [0.15, 0.2) is 11.6 Å². The van der Waals surface area contributed by atoms with Crippen LogP contribution in [0, 0.1) is 23.0 Å². The Balaban J connectivity index is 2.09. The lowest BCUT2D eigenvalue weighted by Gasteiger charge is -2.11. The zero-order valence-electron chi connectivity index (χ0n) is 11.2. The van der Waals surface area contributed by atoms with E-state index in [1.807, 2.05) is 16.2 Å². The van der Waals surface area contributed by atoms with Gasteiger partial charge in [-0.2, -0.15) is 5.26 Å². The number of hydrogen-bond donors (Lipinski definition) is 0. The van der Waals surface area contributed by atoms with Crippen LogP contribution in [-0.2, 0) is 0 Å². The fourth-order valence-corrected chi connectivity index (χ4v) is 4.06. The molecular formula is C15H6BrF2IN2OS. The first kappa shape index (κ1) is 16.5. The van der Waals surface area contributed by atoms with Gasteiger partial charge in [0.2, 0.25) is 0 Å². The van der Waals surface area contributed by atoms with Crippen LogP contribution in [0.15, 0.2) is 41.0 Å². The van der Waals surface area contributed by atoms with Crippen molar-refractivity contribution >= 4 is 57.2 Å². The summed E-state index contributed by atoms with van der Waals surface area (Å²) in [6.07, 6.45) is 1.82. The van der Waals surface area contributed by atoms with Crippen LogP contribution < -0.4 is 4.74 Å². The summed E-state index contributed by atoms with van der Waals surface area (Å²) in [5, 5.41) is 9.64. The van der Waals surface area contributed by atoms with E-state index in [-0.39, 0.29) is 17.1 Å². The van der Waals surface area contributed by atoms with Crippen LogP contribution in [0.2, 0.25) is 0 Å². The normalized spacial score (nSPS) is 10.7. The van der Waals surface area contributed by atoms with Gasteiger partial charge in [-0.1, -0.05) is 0 Å². The Bertz CT molecular complexity index is 955. The molecule has 3 nitrogen and oxygen atoms in total. The van der Waals surface area contributed by atoms with Gasteiger partial charge in [0, 0.05) is 54.0 Å². The highest BCUT2D eigenvalue weighted by Gasteiger charge is 2.17. The first-order valence-electron chi connectivity index (χ1n) is 6.20. The zero-order chi connectivity index (χ0) is 16.6. The van der Waals surface area contributed by atoms with Crippen LogP contribution in [0.25, 0.3) is 10.9 Å². The molecule has 0 aliphatic carbocycles. The molecule has 116 valence electrons. The van der Waals surface area contributed by atoms with Crippen molar-refractivity contribution < 1.29 is 13.5 Å². The summed E-state index contributed by atoms with van der Waals surface area (Å²) in [7, 11) is 1.42. The maximum Gasteiger partial charge on any atom is 0.177 e. The molecule has 0 spiro atoms. The molecular weight excluding hydrogens is 501 g/mol. The Morgan fingerprint density at radius 3 is 2.70 bits per heavy atom. The van der Waals surface area contributed by atoms with E-state index in [0.717, 1.165) is 11.5 Å². The SMILES string of the molecule is N#Cc1cc(Oc2c(F)cc3c(ccn3SI)c2Br)ccc1F. The van der Waals surface area contributed by atoms with Gasteiger partial charge in [-0.05, 0) is 34.1 Å². The van der Waals surface area contributed by atoms with Gasteiger partial charge in [-0.15, -0.1) is 0 Å². The zero-order valence-corrected chi connectivity index (χ0v) is 15.7. The number of halogens is 4. The molecule has 1 heterocycles. The molecule has 0 aliphatic heterocycles. The summed E-state index contributed by atoms with van der Waals surface area (Å²) in [6.45, 7) is 0. The average molecular weight is 507 g/mol. The van der Waals surface area contributed by atoms with Gasteiger partial charge in [0.05, 0.1) is 15.6 Å². The number of nitrogens with zero attached hydrogens (tertiary/aromatic N) is 2. The second-order valence-corrected chi connectivity index (χ2v) is 7.01. The molecule has 23 heavy (non-hydrogen) atoms. The summed E-state index contributed by atoms with van der Waals surface area (Å²) >= 11 is 5.46. The minimum absolute atomic E-state index is 0.00999. The quantitative estimate of drug-likeness (QED) is 0.397. The van der Waals surface area contributed by atoms with Crippen molar-refractivity contribution in [1.82, 2.24) is 3.97 Å². The van der Waals surface area contributed by atoms with Gasteiger partial charge in [-0.25, -0.2) is 8.78 Å². The van der Waals surface area contributed by atoms with E-state index in [1.54, 1.807) is 6.07 Å². The van der Waals surface area contributed by atoms with E-state index in [9.17, 15) is 8.78 Å². The van der Waals surface area contributed by atoms with Gasteiger partial charge in [-0.3, -0.25) is 3.97 Å². The third kappa shape index (κ3) is 3.05. The van der Waals surface area contributed by atoms with E-state index >= 15 is 0 Å². The third-order valence-corrected chi connectivity index (χ3v) is 5.69. The summed E-state index contributed by atoms with van der Waals surface area (Å²) in [6, 6.07) is 8.62. The maximum atomic E-state index is 14.4. The van der Waals surface area contributed by atoms with Crippen LogP contribution in [0.5, 0.6) is 11.5 Å². The van der Waals surface area contributed by atoms with Crippen molar-refractivity contribution in [3.8, 4) is 17.6 Å². The Hall–Kier alpha value is -1.31. The largest absolute Gasteiger partial charge is 0.453 e. The monoisotopic (exact) mass is 506 g/mol. The lowest BCUT2D eigenvalue weighted by molar-refractivity contribution is 0.439. The molecule has 0 N–H and O–H groups in total. The fourth-order valence-electron chi connectivity index (χ4n) is 2.09. The highest BCUT2D eigenvalue weighted by molar-refractivity contribution is 14.2. The van der Waals surface area contributed by atoms with Crippen LogP contribution >= 0.6 is 46.3 Å². The molecule has 0 amide bonds. The Labute approximate surface area is 155 Å². The van der Waals surface area contributed by atoms with E-state index in [4.69, 9.17) is 10.00 Å².